The molecule has 0 saturated carbocycles. The van der Waals surface area contributed by atoms with Gasteiger partial charge in [0.2, 0.25) is 0 Å². The van der Waals surface area contributed by atoms with Crippen LogP contribution >= 0.6 is 12.6 Å². The molecule has 3 N–H and O–H groups in total. The number of methoxy groups -OCH3 is 2. The summed E-state index contributed by atoms with van der Waals surface area (Å²) in [5.41, 5.74) is -0.472. The van der Waals surface area contributed by atoms with Gasteiger partial charge in [-0.15, -0.1) is 12.6 Å². The Balaban J connectivity index is 0. The Morgan fingerprint density at radius 1 is 0.794 bits per heavy atom. The summed E-state index contributed by atoms with van der Waals surface area (Å²) in [6.45, 7) is 1.59. The quantitative estimate of drug-likeness (QED) is 0.266. The van der Waals surface area contributed by atoms with Crippen molar-refractivity contribution in [2.24, 2.45) is 0 Å². The van der Waals surface area contributed by atoms with Crippen LogP contribution in [0.5, 0.6) is 17.2 Å². The number of halogens is 3. The molecule has 6 nitrogen and oxygen atoms in total. The standard InChI is InChI=1S/2C7H8O.C6H6O.C2HF3O2.C2H6OS/c2*1-8-7-5-3-2-4-6-7;7-6-4-2-1-3-5-6;3-2(4,5)1(6)7;1-2(3)4/h2*2-6H,1H3;1-5,7H;(H,6,7);2-4H,1H3. The van der Waals surface area contributed by atoms with Crippen LogP contribution in [-0.4, -0.2) is 47.1 Å². The molecule has 0 aliphatic rings. The van der Waals surface area contributed by atoms with Crippen LogP contribution in [0.15, 0.2) is 91.0 Å². The first kappa shape index (κ1) is 32.8. The number of carbonyl (C=O) groups is 1. The third-order valence-corrected chi connectivity index (χ3v) is 2.96. The molecule has 0 saturated heterocycles. The largest absolute Gasteiger partial charge is 0.508 e. The van der Waals surface area contributed by atoms with E-state index in [9.17, 15) is 13.2 Å². The van der Waals surface area contributed by atoms with Crippen molar-refractivity contribution >= 4 is 18.6 Å². The van der Waals surface area contributed by atoms with Crippen molar-refractivity contribution in [2.75, 3.05) is 14.2 Å². The smallest absolute Gasteiger partial charge is 0.490 e. The van der Waals surface area contributed by atoms with Crippen molar-refractivity contribution in [2.45, 2.75) is 18.5 Å². The van der Waals surface area contributed by atoms with E-state index < -0.39 is 17.6 Å². The Kier molecular flexibility index (Phi) is 19.5. The van der Waals surface area contributed by atoms with E-state index in [0.717, 1.165) is 11.5 Å². The van der Waals surface area contributed by atoms with Gasteiger partial charge in [0, 0.05) is 0 Å². The molecule has 0 amide bonds. The van der Waals surface area contributed by atoms with E-state index in [-0.39, 0.29) is 0 Å². The fourth-order valence-corrected chi connectivity index (χ4v) is 1.54. The molecule has 188 valence electrons. The van der Waals surface area contributed by atoms with Crippen LogP contribution in [0, 0.1) is 0 Å². The van der Waals surface area contributed by atoms with Gasteiger partial charge in [-0.3, -0.25) is 0 Å². The highest BCUT2D eigenvalue weighted by molar-refractivity contribution is 7.80. The fourth-order valence-electron chi connectivity index (χ4n) is 1.54. The summed E-state index contributed by atoms with van der Waals surface area (Å²) in [5, 5.41) is 23.7. The molecular formula is C24H29F3O6S. The van der Waals surface area contributed by atoms with Crippen molar-refractivity contribution in [1.29, 1.82) is 0 Å². The highest BCUT2D eigenvalue weighted by Gasteiger charge is 2.38. The number of aliphatic hydroxyl groups excluding tert-OH is 1. The van der Waals surface area contributed by atoms with E-state index in [1.807, 2.05) is 66.7 Å². The first-order chi connectivity index (χ1) is 15.9. The lowest BCUT2D eigenvalue weighted by Crippen LogP contribution is -2.21. The van der Waals surface area contributed by atoms with Gasteiger partial charge in [-0.1, -0.05) is 54.6 Å². The predicted octanol–water partition coefficient (Wildman–Crippen LogP) is 5.67. The third-order valence-electron chi connectivity index (χ3n) is 2.96. The Morgan fingerprint density at radius 2 is 1.03 bits per heavy atom. The zero-order valence-electron chi connectivity index (χ0n) is 18.9. The second-order valence-electron chi connectivity index (χ2n) is 5.80. The number of phenolic OH excluding ortho intramolecular Hbond substituents is 1. The molecule has 0 aromatic heterocycles. The number of carboxylic acid groups (broad SMARTS) is 1. The Labute approximate surface area is 202 Å². The summed E-state index contributed by atoms with van der Waals surface area (Å²) in [5.74, 6) is -0.616. The monoisotopic (exact) mass is 502 g/mol. The van der Waals surface area contributed by atoms with Crippen LogP contribution < -0.4 is 9.47 Å². The summed E-state index contributed by atoms with van der Waals surface area (Å²) in [6, 6.07) is 28.1. The average molecular weight is 503 g/mol. The van der Waals surface area contributed by atoms with Crippen LogP contribution in [-0.2, 0) is 4.79 Å². The molecule has 0 aliphatic carbocycles. The Morgan fingerprint density at radius 3 is 1.15 bits per heavy atom. The minimum atomic E-state index is -5.08. The van der Waals surface area contributed by atoms with Gasteiger partial charge < -0.3 is 24.8 Å². The second-order valence-corrected chi connectivity index (χ2v) is 6.55. The number of carboxylic acids is 1. The van der Waals surface area contributed by atoms with Gasteiger partial charge in [-0.05, 0) is 43.3 Å². The molecule has 0 fully saturated rings. The first-order valence-electron chi connectivity index (χ1n) is 9.52. The number of aromatic hydroxyl groups is 1. The van der Waals surface area contributed by atoms with Crippen molar-refractivity contribution in [3.8, 4) is 17.2 Å². The van der Waals surface area contributed by atoms with Gasteiger partial charge in [0.15, 0.2) is 0 Å². The molecule has 34 heavy (non-hydrogen) atoms. The van der Waals surface area contributed by atoms with Crippen molar-refractivity contribution in [1.82, 2.24) is 0 Å². The minimum Gasteiger partial charge on any atom is -0.508 e. The number of phenols is 1. The van der Waals surface area contributed by atoms with Crippen molar-refractivity contribution < 1.29 is 42.8 Å². The van der Waals surface area contributed by atoms with E-state index in [1.54, 1.807) is 45.4 Å². The van der Waals surface area contributed by atoms with E-state index >= 15 is 0 Å². The van der Waals surface area contributed by atoms with Crippen LogP contribution in [0.1, 0.15) is 6.92 Å². The molecule has 3 aromatic rings. The molecule has 0 spiro atoms. The van der Waals surface area contributed by atoms with E-state index in [2.05, 4.69) is 12.6 Å². The lowest BCUT2D eigenvalue weighted by molar-refractivity contribution is -0.192. The summed E-state index contributed by atoms with van der Waals surface area (Å²) < 4.78 is 41.6. The van der Waals surface area contributed by atoms with Crippen LogP contribution in [0.4, 0.5) is 13.2 Å². The maximum Gasteiger partial charge on any atom is 0.490 e. The summed E-state index contributed by atoms with van der Waals surface area (Å²) in [4.78, 5) is 8.90. The van der Waals surface area contributed by atoms with E-state index in [4.69, 9.17) is 29.6 Å². The van der Waals surface area contributed by atoms with Gasteiger partial charge in [-0.25, -0.2) is 4.79 Å². The van der Waals surface area contributed by atoms with Crippen LogP contribution in [0.3, 0.4) is 0 Å². The highest BCUT2D eigenvalue weighted by Crippen LogP contribution is 2.13. The Bertz CT molecular complexity index is 807. The number of aliphatic carboxylic acids is 1. The van der Waals surface area contributed by atoms with Crippen LogP contribution in [0.25, 0.3) is 0 Å². The number of aliphatic hydroxyl groups is 1. The number of rotatable bonds is 2. The molecule has 0 bridgehead atoms. The first-order valence-corrected chi connectivity index (χ1v) is 10.0. The number of alkyl halides is 3. The molecule has 3 rings (SSSR count). The number of ether oxygens (including phenoxy) is 2. The predicted molar refractivity (Wildman–Crippen MR) is 128 cm³/mol. The zero-order valence-corrected chi connectivity index (χ0v) is 19.8. The average Bonchev–Trinajstić information content (AvgIpc) is 2.81. The zero-order chi connectivity index (χ0) is 26.4. The molecule has 1 atom stereocenters. The number of thiol groups is 1. The van der Waals surface area contributed by atoms with Gasteiger partial charge in [-0.2, -0.15) is 13.2 Å². The molecular weight excluding hydrogens is 473 g/mol. The van der Waals surface area contributed by atoms with Crippen molar-refractivity contribution in [3.63, 3.8) is 0 Å². The lowest BCUT2D eigenvalue weighted by Gasteiger charge is -1.93. The maximum atomic E-state index is 10.6. The highest BCUT2D eigenvalue weighted by atomic mass is 32.1. The Hall–Kier alpha value is -3.37. The lowest BCUT2D eigenvalue weighted by atomic mass is 10.3. The topological polar surface area (TPSA) is 96.2 Å². The number of benzene rings is 3. The van der Waals surface area contributed by atoms with Crippen LogP contribution in [0.2, 0.25) is 0 Å². The van der Waals surface area contributed by atoms with Gasteiger partial charge in [0.1, 0.15) is 17.2 Å². The summed E-state index contributed by atoms with van der Waals surface area (Å²) in [7, 11) is 3.32. The molecule has 10 heteroatoms. The van der Waals surface area contributed by atoms with Gasteiger partial charge >= 0.3 is 12.1 Å². The number of para-hydroxylation sites is 3. The second kappa shape index (κ2) is 20.3. The molecule has 1 unspecified atom stereocenters. The minimum absolute atomic E-state index is 0.322. The molecule has 0 heterocycles. The number of hydrogen-bond donors (Lipinski definition) is 4. The molecule has 0 aliphatic heterocycles. The molecule has 0 radical (unpaired) electrons. The normalized spacial score (nSPS) is 10.0. The van der Waals surface area contributed by atoms with E-state index in [0.29, 0.717) is 5.75 Å². The summed E-state index contributed by atoms with van der Waals surface area (Å²) >= 11 is 3.52. The van der Waals surface area contributed by atoms with Crippen molar-refractivity contribution in [3.05, 3.63) is 91.0 Å². The maximum absolute atomic E-state index is 10.6. The third kappa shape index (κ3) is 23.3. The molecule has 3 aromatic carbocycles. The summed E-state index contributed by atoms with van der Waals surface area (Å²) in [6.07, 6.45) is -5.08. The van der Waals surface area contributed by atoms with Gasteiger partial charge in [0.05, 0.1) is 19.7 Å². The fraction of sp³-hybridized carbons (Fsp3) is 0.208. The number of hydrogen-bond acceptors (Lipinski definition) is 6. The van der Waals surface area contributed by atoms with E-state index in [1.165, 1.54) is 0 Å². The SMILES string of the molecule is CC(O)S.COc1ccccc1.COc1ccccc1.O=C(O)C(F)(F)F.Oc1ccccc1. The van der Waals surface area contributed by atoms with Gasteiger partial charge in [0.25, 0.3) is 0 Å².